The summed E-state index contributed by atoms with van der Waals surface area (Å²) in [5.41, 5.74) is 1.17. The minimum absolute atomic E-state index is 0.00967. The Morgan fingerprint density at radius 3 is 2.18 bits per heavy atom. The maximum absolute atomic E-state index is 13.2. The highest BCUT2D eigenvalue weighted by Crippen LogP contribution is 2.40. The summed E-state index contributed by atoms with van der Waals surface area (Å²) >= 11 is 6.82. The molecule has 0 spiro atoms. The summed E-state index contributed by atoms with van der Waals surface area (Å²) < 4.78 is 23.1. The number of rotatable bonds is 6. The maximum Gasteiger partial charge on any atom is 0.349 e. The van der Waals surface area contributed by atoms with Gasteiger partial charge in [0.15, 0.2) is 22.9 Å². The van der Waals surface area contributed by atoms with E-state index < -0.39 is 5.63 Å². The fraction of sp³-hybridized carbons (Fsp3) is 0.259. The minimum Gasteiger partial charge on any atom is -0.493 e. The lowest BCUT2D eigenvalue weighted by Crippen LogP contribution is -2.49. The van der Waals surface area contributed by atoms with Crippen LogP contribution in [0.4, 0.5) is 5.82 Å². The topological polar surface area (TPSA) is 107 Å². The number of hydrogen-bond acceptors (Lipinski definition) is 9. The molecule has 0 aliphatic carbocycles. The van der Waals surface area contributed by atoms with Crippen LogP contribution < -0.4 is 24.7 Å². The number of ether oxygens (including phenoxy) is 3. The highest BCUT2D eigenvalue weighted by Gasteiger charge is 2.26. The SMILES string of the molecule is COc1cc(-c2ccc(N3CCN(C(=O)c4cc5cc(Br)cc(Br)c5oc4=O)CC3)nn2)cc(OC)c1OC. The van der Waals surface area contributed by atoms with Crippen LogP contribution in [0.5, 0.6) is 17.2 Å². The predicted octanol–water partition coefficient (Wildman–Crippen LogP) is 4.76. The Labute approximate surface area is 240 Å². The van der Waals surface area contributed by atoms with Crippen LogP contribution >= 0.6 is 31.9 Å². The summed E-state index contributed by atoms with van der Waals surface area (Å²) in [4.78, 5) is 29.5. The van der Waals surface area contributed by atoms with Gasteiger partial charge in [-0.15, -0.1) is 10.2 Å². The maximum atomic E-state index is 13.2. The molecule has 1 aliphatic heterocycles. The summed E-state index contributed by atoms with van der Waals surface area (Å²) in [5, 5.41) is 9.47. The molecule has 0 radical (unpaired) electrons. The van der Waals surface area contributed by atoms with Crippen molar-refractivity contribution >= 4 is 54.6 Å². The molecule has 2 aromatic heterocycles. The number of amides is 1. The Morgan fingerprint density at radius 1 is 0.897 bits per heavy atom. The second kappa shape index (κ2) is 11.2. The third-order valence-electron chi connectivity index (χ3n) is 6.48. The first-order chi connectivity index (χ1) is 18.8. The number of anilines is 1. The number of methoxy groups -OCH3 is 3. The van der Waals surface area contributed by atoms with E-state index in [1.807, 2.05) is 29.2 Å². The van der Waals surface area contributed by atoms with Crippen LogP contribution in [0, 0.1) is 0 Å². The van der Waals surface area contributed by atoms with E-state index in [0.717, 1.165) is 10.0 Å². The van der Waals surface area contributed by atoms with Crippen LogP contribution in [-0.4, -0.2) is 68.5 Å². The first-order valence-electron chi connectivity index (χ1n) is 11.9. The van der Waals surface area contributed by atoms with Crippen molar-refractivity contribution in [2.24, 2.45) is 0 Å². The van der Waals surface area contributed by atoms with E-state index in [-0.39, 0.29) is 11.5 Å². The molecule has 1 saturated heterocycles. The van der Waals surface area contributed by atoms with E-state index in [2.05, 4.69) is 42.1 Å². The highest BCUT2D eigenvalue weighted by molar-refractivity contribution is 9.11. The Kier molecular flexibility index (Phi) is 7.76. The summed E-state index contributed by atoms with van der Waals surface area (Å²) in [6.45, 7) is 1.93. The summed E-state index contributed by atoms with van der Waals surface area (Å²) in [5.74, 6) is 1.89. The number of aromatic nitrogens is 2. The standard InChI is InChI=1S/C27H24Br2N4O6/c1-36-21-12-15(13-22(37-2)25(21)38-3)20-4-5-23(31-30-20)32-6-8-33(9-7-32)26(34)18-11-16-10-17(28)14-19(29)24(16)39-27(18)35/h4-5,10-14H,6-9H2,1-3H3. The van der Waals surface area contributed by atoms with Crippen LogP contribution in [-0.2, 0) is 0 Å². The molecule has 1 amide bonds. The van der Waals surface area contributed by atoms with Crippen molar-refractivity contribution in [2.45, 2.75) is 0 Å². The molecule has 0 saturated carbocycles. The quantitative estimate of drug-likeness (QED) is 0.271. The summed E-state index contributed by atoms with van der Waals surface area (Å²) in [7, 11) is 4.67. The smallest absolute Gasteiger partial charge is 0.349 e. The Morgan fingerprint density at radius 2 is 1.59 bits per heavy atom. The first kappa shape index (κ1) is 26.9. The van der Waals surface area contributed by atoms with E-state index in [1.165, 1.54) is 0 Å². The molecule has 10 nitrogen and oxygen atoms in total. The largest absolute Gasteiger partial charge is 0.493 e. The van der Waals surface area contributed by atoms with Crippen LogP contribution in [0.2, 0.25) is 0 Å². The van der Waals surface area contributed by atoms with Gasteiger partial charge in [0.2, 0.25) is 5.75 Å². The Bertz CT molecular complexity index is 1580. The van der Waals surface area contributed by atoms with Crippen molar-refractivity contribution in [1.29, 1.82) is 0 Å². The van der Waals surface area contributed by atoms with Crippen LogP contribution in [0.15, 0.2) is 60.6 Å². The zero-order chi connectivity index (χ0) is 27.7. The normalized spacial score (nSPS) is 13.5. The molecular weight excluding hydrogens is 636 g/mol. The molecule has 4 aromatic rings. The minimum atomic E-state index is -0.661. The number of benzene rings is 2. The van der Waals surface area contributed by atoms with E-state index in [1.54, 1.807) is 44.4 Å². The zero-order valence-electron chi connectivity index (χ0n) is 21.4. The van der Waals surface area contributed by atoms with Crippen molar-refractivity contribution < 1.29 is 23.4 Å². The van der Waals surface area contributed by atoms with Gasteiger partial charge in [0.05, 0.1) is 31.5 Å². The molecule has 202 valence electrons. The molecule has 39 heavy (non-hydrogen) atoms. The van der Waals surface area contributed by atoms with E-state index >= 15 is 0 Å². The van der Waals surface area contributed by atoms with E-state index in [0.29, 0.717) is 70.4 Å². The van der Waals surface area contributed by atoms with Crippen molar-refractivity contribution in [1.82, 2.24) is 15.1 Å². The third-order valence-corrected chi connectivity index (χ3v) is 7.53. The Hall–Kier alpha value is -3.64. The first-order valence-corrected chi connectivity index (χ1v) is 13.5. The average Bonchev–Trinajstić information content (AvgIpc) is 2.96. The highest BCUT2D eigenvalue weighted by atomic mass is 79.9. The number of carbonyl (C=O) groups excluding carboxylic acids is 1. The lowest BCUT2D eigenvalue weighted by molar-refractivity contribution is 0.0742. The lowest BCUT2D eigenvalue weighted by Gasteiger charge is -2.35. The van der Waals surface area contributed by atoms with Crippen molar-refractivity contribution in [2.75, 3.05) is 52.4 Å². The molecule has 1 aliphatic rings. The van der Waals surface area contributed by atoms with Gasteiger partial charge in [-0.05, 0) is 58.4 Å². The molecule has 12 heteroatoms. The molecule has 0 bridgehead atoms. The van der Waals surface area contributed by atoms with Gasteiger partial charge in [0.1, 0.15) is 5.56 Å². The zero-order valence-corrected chi connectivity index (χ0v) is 24.5. The summed E-state index contributed by atoms with van der Waals surface area (Å²) in [6, 6.07) is 12.6. The van der Waals surface area contributed by atoms with Gasteiger partial charge in [-0.25, -0.2) is 4.79 Å². The number of piperazine rings is 1. The molecule has 0 atom stereocenters. The van der Waals surface area contributed by atoms with E-state index in [4.69, 9.17) is 18.6 Å². The van der Waals surface area contributed by atoms with Crippen LogP contribution in [0.1, 0.15) is 10.4 Å². The summed E-state index contributed by atoms with van der Waals surface area (Å²) in [6.07, 6.45) is 0. The molecule has 1 fully saturated rings. The second-order valence-corrected chi connectivity index (χ2v) is 10.5. The van der Waals surface area contributed by atoms with Gasteiger partial charge in [-0.3, -0.25) is 4.79 Å². The van der Waals surface area contributed by atoms with Crippen LogP contribution in [0.3, 0.4) is 0 Å². The van der Waals surface area contributed by atoms with Crippen molar-refractivity contribution in [3.8, 4) is 28.5 Å². The van der Waals surface area contributed by atoms with Gasteiger partial charge < -0.3 is 28.4 Å². The van der Waals surface area contributed by atoms with Gasteiger partial charge >= 0.3 is 5.63 Å². The molecule has 3 heterocycles. The monoisotopic (exact) mass is 658 g/mol. The number of nitrogens with zero attached hydrogens (tertiary/aromatic N) is 4. The average molecular weight is 660 g/mol. The van der Waals surface area contributed by atoms with E-state index in [9.17, 15) is 9.59 Å². The van der Waals surface area contributed by atoms with Crippen molar-refractivity contribution in [3.05, 3.63) is 67.4 Å². The number of hydrogen-bond donors (Lipinski definition) is 0. The Balaban J connectivity index is 1.29. The molecule has 2 aromatic carbocycles. The predicted molar refractivity (Wildman–Crippen MR) is 153 cm³/mol. The molecule has 0 unspecified atom stereocenters. The molecule has 5 rings (SSSR count). The van der Waals surface area contributed by atoms with Crippen molar-refractivity contribution in [3.63, 3.8) is 0 Å². The fourth-order valence-corrected chi connectivity index (χ4v) is 5.83. The lowest BCUT2D eigenvalue weighted by atomic mass is 10.1. The number of fused-ring (bicyclic) bond motifs is 1. The van der Waals surface area contributed by atoms with Gasteiger partial charge in [-0.2, -0.15) is 0 Å². The molecular formula is C27H24Br2N4O6. The third kappa shape index (κ3) is 5.30. The van der Waals surface area contributed by atoms with Gasteiger partial charge in [0.25, 0.3) is 5.91 Å². The van der Waals surface area contributed by atoms with Gasteiger partial charge in [0, 0.05) is 41.6 Å². The van der Waals surface area contributed by atoms with Gasteiger partial charge in [-0.1, -0.05) is 15.9 Å². The number of carbonyl (C=O) groups is 1. The second-order valence-electron chi connectivity index (χ2n) is 8.72. The fourth-order valence-electron chi connectivity index (χ4n) is 4.49. The van der Waals surface area contributed by atoms with Crippen LogP contribution in [0.25, 0.3) is 22.2 Å². The number of halogens is 2. The molecule has 0 N–H and O–H groups in total.